The Morgan fingerprint density at radius 2 is 1.97 bits per heavy atom. The minimum Gasteiger partial charge on any atom is -0.483 e. The molecule has 2 atom stereocenters. The summed E-state index contributed by atoms with van der Waals surface area (Å²) in [4.78, 5) is 19.2. The Morgan fingerprint density at radius 3 is 2.79 bits per heavy atom. The van der Waals surface area contributed by atoms with Gasteiger partial charge in [0.2, 0.25) is 0 Å². The fraction of sp³-hybridized carbons (Fsp3) is 0.364. The number of anilines is 1. The molecule has 1 N–H and O–H groups in total. The highest BCUT2D eigenvalue weighted by atomic mass is 32.1. The van der Waals surface area contributed by atoms with E-state index in [9.17, 15) is 4.79 Å². The molecule has 1 amide bonds. The lowest BCUT2D eigenvalue weighted by atomic mass is 10.1. The van der Waals surface area contributed by atoms with Crippen LogP contribution in [0.15, 0.2) is 47.8 Å². The number of fused-ring (bicyclic) bond motifs is 1. The van der Waals surface area contributed by atoms with Gasteiger partial charge in [-0.15, -0.1) is 11.3 Å². The smallest absolute Gasteiger partial charge is 0.264 e. The Bertz CT molecular complexity index is 975. The number of hydrogen-bond donors (Lipinski definition) is 1. The van der Waals surface area contributed by atoms with Gasteiger partial charge in [-0.05, 0) is 25.3 Å². The number of hydrogen-bond acceptors (Lipinski definition) is 6. The number of nitrogens with zero attached hydrogens (tertiary/aromatic N) is 2. The summed E-state index contributed by atoms with van der Waals surface area (Å²) >= 11 is 1.44. The number of nitrogens with one attached hydrogen (secondary N) is 1. The molecule has 1 aromatic heterocycles. The Hall–Kier alpha value is -2.48. The first-order chi connectivity index (χ1) is 14.1. The number of benzene rings is 2. The van der Waals surface area contributed by atoms with E-state index in [-0.39, 0.29) is 24.7 Å². The molecule has 4 rings (SSSR count). The maximum Gasteiger partial charge on any atom is 0.264 e. The quantitative estimate of drug-likeness (QED) is 0.666. The van der Waals surface area contributed by atoms with E-state index >= 15 is 0 Å². The highest BCUT2D eigenvalue weighted by molar-refractivity contribution is 7.13. The van der Waals surface area contributed by atoms with Gasteiger partial charge in [0.25, 0.3) is 5.91 Å². The Morgan fingerprint density at radius 1 is 1.21 bits per heavy atom. The van der Waals surface area contributed by atoms with Crippen LogP contribution in [0.4, 0.5) is 5.13 Å². The highest BCUT2D eigenvalue weighted by Crippen LogP contribution is 2.25. The average molecular weight is 412 g/mol. The molecular weight excluding hydrogens is 386 g/mol. The van der Waals surface area contributed by atoms with Crippen LogP contribution in [0, 0.1) is 0 Å². The van der Waals surface area contributed by atoms with Gasteiger partial charge < -0.3 is 9.47 Å². The van der Waals surface area contributed by atoms with Crippen molar-refractivity contribution in [3.05, 3.63) is 53.5 Å². The predicted molar refractivity (Wildman–Crippen MR) is 115 cm³/mol. The topological polar surface area (TPSA) is 63.7 Å². The number of carbonyl (C=O) groups is 1. The second-order valence-electron chi connectivity index (χ2n) is 7.41. The van der Waals surface area contributed by atoms with Gasteiger partial charge in [-0.3, -0.25) is 15.0 Å². The minimum atomic E-state index is -0.215. The molecule has 1 aliphatic heterocycles. The molecular formula is C22H25N3O3S. The number of aromatic nitrogens is 1. The third-order valence-corrected chi connectivity index (χ3v) is 5.59. The van der Waals surface area contributed by atoms with Crippen molar-refractivity contribution < 1.29 is 14.3 Å². The molecule has 0 saturated carbocycles. The molecule has 152 valence electrons. The number of morpholine rings is 1. The largest absolute Gasteiger partial charge is 0.483 e. The van der Waals surface area contributed by atoms with Crippen LogP contribution >= 0.6 is 11.3 Å². The van der Waals surface area contributed by atoms with Crippen LogP contribution in [-0.4, -0.2) is 47.7 Å². The molecule has 0 radical (unpaired) electrons. The lowest BCUT2D eigenvalue weighted by molar-refractivity contribution is -0.118. The standard InChI is InChI=1S/C22H25N3O3S/c1-15-10-25(11-16(2)28-15)12-18-14-29-22(23-18)24-21(26)13-27-20-9-5-7-17-6-3-4-8-19(17)20/h3-9,14-16H,10-13H2,1-2H3,(H,23,24,26)/t15-,16+. The molecule has 0 unspecified atom stereocenters. The molecule has 7 heteroatoms. The SMILES string of the molecule is C[C@@H]1CN(Cc2csc(NC(=O)COc3cccc4ccccc34)n2)C[C@H](C)O1. The Balaban J connectivity index is 1.31. The summed E-state index contributed by atoms with van der Waals surface area (Å²) in [6.07, 6.45) is 0.450. The van der Waals surface area contributed by atoms with Crippen LogP contribution in [0.5, 0.6) is 5.75 Å². The summed E-state index contributed by atoms with van der Waals surface area (Å²) in [6, 6.07) is 13.8. The molecule has 1 saturated heterocycles. The van der Waals surface area contributed by atoms with E-state index in [4.69, 9.17) is 9.47 Å². The van der Waals surface area contributed by atoms with Crippen molar-refractivity contribution in [2.75, 3.05) is 25.0 Å². The second-order valence-corrected chi connectivity index (χ2v) is 8.27. The van der Waals surface area contributed by atoms with Gasteiger partial charge in [0.05, 0.1) is 17.9 Å². The first-order valence-electron chi connectivity index (χ1n) is 9.79. The lowest BCUT2D eigenvalue weighted by Crippen LogP contribution is -2.44. The van der Waals surface area contributed by atoms with Gasteiger partial charge in [0.1, 0.15) is 5.75 Å². The van der Waals surface area contributed by atoms with Gasteiger partial charge >= 0.3 is 0 Å². The zero-order chi connectivity index (χ0) is 20.2. The normalized spacial score (nSPS) is 19.9. The molecule has 6 nitrogen and oxygen atoms in total. The van der Waals surface area contributed by atoms with E-state index in [1.165, 1.54) is 11.3 Å². The van der Waals surface area contributed by atoms with Crippen LogP contribution in [0.1, 0.15) is 19.5 Å². The maximum absolute atomic E-state index is 12.3. The Labute approximate surface area is 174 Å². The number of amides is 1. The summed E-state index contributed by atoms with van der Waals surface area (Å²) in [5, 5.41) is 7.50. The monoisotopic (exact) mass is 411 g/mol. The molecule has 0 bridgehead atoms. The van der Waals surface area contributed by atoms with E-state index in [0.29, 0.717) is 10.9 Å². The summed E-state index contributed by atoms with van der Waals surface area (Å²) in [7, 11) is 0. The molecule has 2 aromatic carbocycles. The molecule has 0 spiro atoms. The molecule has 29 heavy (non-hydrogen) atoms. The minimum absolute atomic E-state index is 0.0542. The van der Waals surface area contributed by atoms with E-state index in [1.54, 1.807) is 0 Å². The second kappa shape index (κ2) is 8.90. The van der Waals surface area contributed by atoms with Crippen molar-refractivity contribution in [2.24, 2.45) is 0 Å². The van der Waals surface area contributed by atoms with Gasteiger partial charge in [-0.2, -0.15) is 0 Å². The molecule has 0 aliphatic carbocycles. The molecule has 3 aromatic rings. The summed E-state index contributed by atoms with van der Waals surface area (Å²) in [6.45, 7) is 6.67. The maximum atomic E-state index is 12.3. The lowest BCUT2D eigenvalue weighted by Gasteiger charge is -2.34. The zero-order valence-corrected chi connectivity index (χ0v) is 17.4. The molecule has 1 aliphatic rings. The van der Waals surface area contributed by atoms with Crippen molar-refractivity contribution in [2.45, 2.75) is 32.6 Å². The number of thiazole rings is 1. The van der Waals surface area contributed by atoms with Crippen molar-refractivity contribution >= 4 is 33.1 Å². The summed E-state index contributed by atoms with van der Waals surface area (Å²) in [5.74, 6) is 0.487. The van der Waals surface area contributed by atoms with Crippen molar-refractivity contribution in [3.63, 3.8) is 0 Å². The van der Waals surface area contributed by atoms with E-state index in [1.807, 2.05) is 47.8 Å². The van der Waals surface area contributed by atoms with Crippen molar-refractivity contribution in [1.82, 2.24) is 9.88 Å². The van der Waals surface area contributed by atoms with Gasteiger partial charge in [0, 0.05) is 30.4 Å². The van der Waals surface area contributed by atoms with Gasteiger partial charge in [0.15, 0.2) is 11.7 Å². The van der Waals surface area contributed by atoms with E-state index < -0.39 is 0 Å². The highest BCUT2D eigenvalue weighted by Gasteiger charge is 2.22. The van der Waals surface area contributed by atoms with Crippen molar-refractivity contribution in [1.29, 1.82) is 0 Å². The number of carbonyl (C=O) groups excluding carboxylic acids is 1. The molecule has 1 fully saturated rings. The van der Waals surface area contributed by atoms with E-state index in [2.05, 4.69) is 29.0 Å². The number of ether oxygens (including phenoxy) is 2. The van der Waals surface area contributed by atoms with Gasteiger partial charge in [-0.25, -0.2) is 4.98 Å². The zero-order valence-electron chi connectivity index (χ0n) is 16.6. The van der Waals surface area contributed by atoms with Crippen LogP contribution in [0.3, 0.4) is 0 Å². The van der Waals surface area contributed by atoms with Crippen LogP contribution in [0.25, 0.3) is 10.8 Å². The van der Waals surface area contributed by atoms with Crippen LogP contribution in [0.2, 0.25) is 0 Å². The fourth-order valence-electron chi connectivity index (χ4n) is 3.70. The number of rotatable bonds is 6. The predicted octanol–water partition coefficient (Wildman–Crippen LogP) is 3.92. The Kier molecular flexibility index (Phi) is 6.08. The van der Waals surface area contributed by atoms with E-state index in [0.717, 1.165) is 36.1 Å². The first kappa shape index (κ1) is 19.8. The first-order valence-corrected chi connectivity index (χ1v) is 10.7. The average Bonchev–Trinajstić information content (AvgIpc) is 3.12. The van der Waals surface area contributed by atoms with Crippen LogP contribution < -0.4 is 10.1 Å². The third-order valence-electron chi connectivity index (χ3n) is 4.79. The summed E-state index contributed by atoms with van der Waals surface area (Å²) in [5.41, 5.74) is 0.960. The van der Waals surface area contributed by atoms with Crippen LogP contribution in [-0.2, 0) is 16.1 Å². The third kappa shape index (κ3) is 5.12. The van der Waals surface area contributed by atoms with Gasteiger partial charge in [-0.1, -0.05) is 36.4 Å². The van der Waals surface area contributed by atoms with Crippen molar-refractivity contribution in [3.8, 4) is 5.75 Å². The molecule has 2 heterocycles. The fourth-order valence-corrected chi connectivity index (χ4v) is 4.42. The summed E-state index contributed by atoms with van der Waals surface area (Å²) < 4.78 is 11.5.